The van der Waals surface area contributed by atoms with Crippen molar-refractivity contribution in [1.82, 2.24) is 4.98 Å². The van der Waals surface area contributed by atoms with Gasteiger partial charge in [0.2, 0.25) is 0 Å². The van der Waals surface area contributed by atoms with Gasteiger partial charge in [-0.05, 0) is 31.0 Å². The number of anilines is 1. The first-order valence-corrected chi connectivity index (χ1v) is 7.21. The number of hydrogen-bond acceptors (Lipinski definition) is 6. The number of aromatic nitrogens is 1. The highest BCUT2D eigenvalue weighted by Crippen LogP contribution is 2.25. The molecule has 0 bridgehead atoms. The van der Waals surface area contributed by atoms with Crippen molar-refractivity contribution in [2.75, 3.05) is 18.0 Å². The Labute approximate surface area is 132 Å². The molecule has 0 amide bonds. The van der Waals surface area contributed by atoms with Crippen molar-refractivity contribution in [3.63, 3.8) is 0 Å². The van der Waals surface area contributed by atoms with Crippen LogP contribution in [-0.2, 0) is 4.74 Å². The van der Waals surface area contributed by atoms with Crippen molar-refractivity contribution in [1.29, 1.82) is 5.26 Å². The fourth-order valence-electron chi connectivity index (χ4n) is 2.65. The van der Waals surface area contributed by atoms with E-state index in [1.54, 1.807) is 6.07 Å². The lowest BCUT2D eigenvalue weighted by Gasteiger charge is -2.34. The second-order valence-electron chi connectivity index (χ2n) is 5.26. The van der Waals surface area contributed by atoms with Crippen LogP contribution >= 0.6 is 0 Å². The lowest BCUT2D eigenvalue weighted by molar-refractivity contribution is 0.0263. The third-order valence-corrected chi connectivity index (χ3v) is 3.71. The van der Waals surface area contributed by atoms with Gasteiger partial charge in [0, 0.05) is 6.54 Å². The van der Waals surface area contributed by atoms with E-state index in [-0.39, 0.29) is 17.4 Å². The molecule has 6 nitrogen and oxygen atoms in total. The number of nitrogens with zero attached hydrogens (tertiary/aromatic N) is 3. The maximum Gasteiger partial charge on any atom is 0.360 e. The third kappa shape index (κ3) is 3.31. The molecule has 1 aliphatic rings. The molecule has 1 atom stereocenters. The van der Waals surface area contributed by atoms with E-state index in [0.29, 0.717) is 12.2 Å². The molecule has 1 fully saturated rings. The molecule has 23 heavy (non-hydrogen) atoms. The van der Waals surface area contributed by atoms with Gasteiger partial charge in [0.1, 0.15) is 24.3 Å². The number of hydrogen-bond donors (Lipinski definition) is 0. The van der Waals surface area contributed by atoms with E-state index < -0.39 is 11.8 Å². The molecule has 2 heterocycles. The summed E-state index contributed by atoms with van der Waals surface area (Å²) in [5.74, 6) is -0.985. The molecule has 0 spiro atoms. The van der Waals surface area contributed by atoms with Crippen LogP contribution < -0.4 is 4.90 Å². The van der Waals surface area contributed by atoms with Crippen molar-refractivity contribution < 1.29 is 18.3 Å². The minimum Gasteiger partial charge on any atom is -0.456 e. The van der Waals surface area contributed by atoms with E-state index in [1.807, 2.05) is 11.0 Å². The Kier molecular flexibility index (Phi) is 4.24. The first-order valence-electron chi connectivity index (χ1n) is 7.21. The molecule has 7 heteroatoms. The number of halogens is 1. The number of benzene rings is 1. The van der Waals surface area contributed by atoms with Gasteiger partial charge in [-0.15, -0.1) is 0 Å². The quantitative estimate of drug-likeness (QED) is 0.810. The monoisotopic (exact) mass is 315 g/mol. The van der Waals surface area contributed by atoms with Gasteiger partial charge in [0.05, 0.1) is 17.8 Å². The van der Waals surface area contributed by atoms with Crippen molar-refractivity contribution in [2.24, 2.45) is 0 Å². The van der Waals surface area contributed by atoms with Crippen LogP contribution in [0.25, 0.3) is 0 Å². The van der Waals surface area contributed by atoms with Crippen LogP contribution in [-0.4, -0.2) is 30.1 Å². The predicted molar refractivity (Wildman–Crippen MR) is 78.3 cm³/mol. The Bertz CT molecular complexity index is 740. The van der Waals surface area contributed by atoms with Gasteiger partial charge < -0.3 is 14.1 Å². The fourth-order valence-corrected chi connectivity index (χ4v) is 2.65. The molecule has 0 aliphatic carbocycles. The number of carbonyl (C=O) groups is 1. The van der Waals surface area contributed by atoms with E-state index in [1.165, 1.54) is 24.8 Å². The van der Waals surface area contributed by atoms with Crippen LogP contribution in [0.15, 0.2) is 35.3 Å². The summed E-state index contributed by atoms with van der Waals surface area (Å²) in [4.78, 5) is 17.6. The Balaban J connectivity index is 1.71. The van der Waals surface area contributed by atoms with Crippen LogP contribution in [0, 0.1) is 17.1 Å². The highest BCUT2D eigenvalue weighted by Gasteiger charge is 2.26. The fraction of sp³-hybridized carbons (Fsp3) is 0.312. The minimum absolute atomic E-state index is 0.126. The number of carbonyl (C=O) groups excluding carboxylic acids is 1. The van der Waals surface area contributed by atoms with Gasteiger partial charge in [-0.3, -0.25) is 0 Å². The SMILES string of the molecule is N#Cc1cc(F)ccc1N1CCC[C@H](OC(=O)c2cocn2)C1. The van der Waals surface area contributed by atoms with Crippen molar-refractivity contribution >= 4 is 11.7 Å². The van der Waals surface area contributed by atoms with Crippen molar-refractivity contribution in [3.8, 4) is 6.07 Å². The molecule has 0 saturated carbocycles. The summed E-state index contributed by atoms with van der Waals surface area (Å²) in [5, 5.41) is 9.16. The summed E-state index contributed by atoms with van der Waals surface area (Å²) in [6, 6.07) is 6.11. The summed E-state index contributed by atoms with van der Waals surface area (Å²) in [7, 11) is 0. The van der Waals surface area contributed by atoms with Crippen LogP contribution in [0.2, 0.25) is 0 Å². The van der Waals surface area contributed by atoms with Gasteiger partial charge in [0.25, 0.3) is 0 Å². The normalized spacial score (nSPS) is 17.6. The molecular weight excluding hydrogens is 301 g/mol. The van der Waals surface area contributed by atoms with Gasteiger partial charge in [0.15, 0.2) is 12.1 Å². The summed E-state index contributed by atoms with van der Waals surface area (Å²) >= 11 is 0. The number of rotatable bonds is 3. The summed E-state index contributed by atoms with van der Waals surface area (Å²) in [5.41, 5.74) is 1.05. The molecule has 1 aromatic carbocycles. The Morgan fingerprint density at radius 1 is 1.52 bits per heavy atom. The van der Waals surface area contributed by atoms with Crippen LogP contribution in [0.3, 0.4) is 0 Å². The number of nitriles is 1. The van der Waals surface area contributed by atoms with E-state index >= 15 is 0 Å². The molecule has 0 unspecified atom stereocenters. The van der Waals surface area contributed by atoms with Crippen molar-refractivity contribution in [2.45, 2.75) is 18.9 Å². The maximum absolute atomic E-state index is 13.3. The standard InChI is InChI=1S/C16H14FN3O3/c17-12-3-4-15(11(6-12)7-18)20-5-1-2-13(8-20)23-16(21)14-9-22-10-19-14/h3-4,6,9-10,13H,1-2,5,8H2/t13-/m0/s1. The number of ether oxygens (including phenoxy) is 1. The Morgan fingerprint density at radius 3 is 3.13 bits per heavy atom. The zero-order chi connectivity index (χ0) is 16.2. The smallest absolute Gasteiger partial charge is 0.360 e. The second-order valence-corrected chi connectivity index (χ2v) is 5.26. The second kappa shape index (κ2) is 6.48. The lowest BCUT2D eigenvalue weighted by atomic mass is 10.1. The summed E-state index contributed by atoms with van der Waals surface area (Å²) < 4.78 is 23.4. The average Bonchev–Trinajstić information content (AvgIpc) is 3.09. The zero-order valence-corrected chi connectivity index (χ0v) is 12.2. The molecule has 1 aliphatic heterocycles. The topological polar surface area (TPSA) is 79.4 Å². The zero-order valence-electron chi connectivity index (χ0n) is 12.2. The maximum atomic E-state index is 13.3. The average molecular weight is 315 g/mol. The molecular formula is C16H14FN3O3. The highest BCUT2D eigenvalue weighted by atomic mass is 19.1. The van der Waals surface area contributed by atoms with Crippen LogP contribution in [0.1, 0.15) is 28.9 Å². The van der Waals surface area contributed by atoms with Crippen LogP contribution in [0.4, 0.5) is 10.1 Å². The van der Waals surface area contributed by atoms with Gasteiger partial charge >= 0.3 is 5.97 Å². The van der Waals surface area contributed by atoms with E-state index in [2.05, 4.69) is 4.98 Å². The van der Waals surface area contributed by atoms with E-state index in [9.17, 15) is 9.18 Å². The third-order valence-electron chi connectivity index (χ3n) is 3.71. The molecule has 0 N–H and O–H groups in total. The number of oxazole rings is 1. The van der Waals surface area contributed by atoms with E-state index in [0.717, 1.165) is 19.4 Å². The highest BCUT2D eigenvalue weighted by molar-refractivity contribution is 5.86. The molecule has 1 aromatic heterocycles. The van der Waals surface area contributed by atoms with Gasteiger partial charge in [-0.1, -0.05) is 0 Å². The predicted octanol–water partition coefficient (Wildman–Crippen LogP) is 2.51. The molecule has 118 valence electrons. The number of esters is 1. The lowest BCUT2D eigenvalue weighted by Crippen LogP contribution is -2.41. The number of piperidine rings is 1. The van der Waals surface area contributed by atoms with Crippen molar-refractivity contribution in [3.05, 3.63) is 47.9 Å². The Morgan fingerprint density at radius 2 is 2.39 bits per heavy atom. The largest absolute Gasteiger partial charge is 0.456 e. The van der Waals surface area contributed by atoms with E-state index in [4.69, 9.17) is 14.4 Å². The summed E-state index contributed by atoms with van der Waals surface area (Å²) in [6.07, 6.45) is 3.62. The molecule has 0 radical (unpaired) electrons. The first-order chi connectivity index (χ1) is 11.2. The molecule has 2 aromatic rings. The van der Waals surface area contributed by atoms with Gasteiger partial charge in [-0.2, -0.15) is 5.26 Å². The summed E-state index contributed by atoms with van der Waals surface area (Å²) in [6.45, 7) is 1.17. The molecule has 3 rings (SSSR count). The minimum atomic E-state index is -0.537. The first kappa shape index (κ1) is 15.0. The Hall–Kier alpha value is -2.88. The van der Waals surface area contributed by atoms with Gasteiger partial charge in [-0.25, -0.2) is 14.2 Å². The van der Waals surface area contributed by atoms with Crippen LogP contribution in [0.5, 0.6) is 0 Å². The molecule has 1 saturated heterocycles.